The second-order valence-corrected chi connectivity index (χ2v) is 4.10. The lowest BCUT2D eigenvalue weighted by Crippen LogP contribution is -2.21. The minimum Gasteiger partial charge on any atom is -0.478 e. The highest BCUT2D eigenvalue weighted by molar-refractivity contribution is 5.87. The number of carboxylic acids is 1. The van der Waals surface area contributed by atoms with Crippen molar-refractivity contribution >= 4 is 11.7 Å². The molecule has 0 radical (unpaired) electrons. The number of nitrogens with zero attached hydrogens (tertiary/aromatic N) is 1. The average molecular weight is 263 g/mol. The SMILES string of the molecule is CCN(Cc1cc(C(=O)O)co1)c1cccc(F)c1. The molecule has 0 spiro atoms. The molecule has 4 nitrogen and oxygen atoms in total. The van der Waals surface area contributed by atoms with Gasteiger partial charge in [-0.25, -0.2) is 9.18 Å². The van der Waals surface area contributed by atoms with Gasteiger partial charge in [0.1, 0.15) is 17.8 Å². The fourth-order valence-corrected chi connectivity index (χ4v) is 1.82. The van der Waals surface area contributed by atoms with Crippen LogP contribution in [0.4, 0.5) is 10.1 Å². The van der Waals surface area contributed by atoms with E-state index in [1.54, 1.807) is 12.1 Å². The molecule has 0 bridgehead atoms. The lowest BCUT2D eigenvalue weighted by atomic mass is 10.2. The van der Waals surface area contributed by atoms with Crippen molar-refractivity contribution in [2.45, 2.75) is 13.5 Å². The van der Waals surface area contributed by atoms with Gasteiger partial charge in [0.15, 0.2) is 0 Å². The van der Waals surface area contributed by atoms with Gasteiger partial charge in [0.2, 0.25) is 0 Å². The zero-order valence-corrected chi connectivity index (χ0v) is 10.5. The van der Waals surface area contributed by atoms with Crippen LogP contribution < -0.4 is 4.90 Å². The smallest absolute Gasteiger partial charge is 0.338 e. The Hall–Kier alpha value is -2.30. The van der Waals surface area contributed by atoms with Crippen molar-refractivity contribution in [1.29, 1.82) is 0 Å². The molecule has 0 amide bonds. The van der Waals surface area contributed by atoms with Gasteiger partial charge in [-0.15, -0.1) is 0 Å². The molecule has 1 aromatic heterocycles. The highest BCUT2D eigenvalue weighted by Crippen LogP contribution is 2.19. The topological polar surface area (TPSA) is 53.7 Å². The monoisotopic (exact) mass is 263 g/mol. The van der Waals surface area contributed by atoms with Gasteiger partial charge in [-0.1, -0.05) is 6.07 Å². The summed E-state index contributed by atoms with van der Waals surface area (Å²) in [5.74, 6) is -0.797. The van der Waals surface area contributed by atoms with Crippen LogP contribution in [0.3, 0.4) is 0 Å². The molecule has 0 aliphatic heterocycles. The molecule has 100 valence electrons. The number of aromatic carboxylic acids is 1. The van der Waals surface area contributed by atoms with E-state index in [0.717, 1.165) is 5.69 Å². The summed E-state index contributed by atoms with van der Waals surface area (Å²) in [5.41, 5.74) is 0.848. The van der Waals surface area contributed by atoms with Crippen molar-refractivity contribution in [3.63, 3.8) is 0 Å². The zero-order chi connectivity index (χ0) is 13.8. The zero-order valence-electron chi connectivity index (χ0n) is 10.5. The number of furan rings is 1. The van der Waals surface area contributed by atoms with Crippen LogP contribution in [0.15, 0.2) is 41.0 Å². The van der Waals surface area contributed by atoms with Gasteiger partial charge in [0.05, 0.1) is 12.1 Å². The molecule has 0 aliphatic carbocycles. The van der Waals surface area contributed by atoms with Crippen LogP contribution in [0.2, 0.25) is 0 Å². The van der Waals surface area contributed by atoms with Gasteiger partial charge in [-0.05, 0) is 31.2 Å². The van der Waals surface area contributed by atoms with Gasteiger partial charge in [0.25, 0.3) is 0 Å². The summed E-state index contributed by atoms with van der Waals surface area (Å²) < 4.78 is 18.4. The largest absolute Gasteiger partial charge is 0.478 e. The van der Waals surface area contributed by atoms with Crippen LogP contribution in [0.25, 0.3) is 0 Å². The van der Waals surface area contributed by atoms with Crippen molar-refractivity contribution in [2.75, 3.05) is 11.4 Å². The molecular formula is C14H14FNO3. The molecule has 0 fully saturated rings. The van der Waals surface area contributed by atoms with E-state index in [0.29, 0.717) is 18.8 Å². The lowest BCUT2D eigenvalue weighted by molar-refractivity contribution is 0.0696. The summed E-state index contributed by atoms with van der Waals surface area (Å²) >= 11 is 0. The number of halogens is 1. The predicted molar refractivity (Wildman–Crippen MR) is 68.8 cm³/mol. The highest BCUT2D eigenvalue weighted by Gasteiger charge is 2.12. The molecule has 0 atom stereocenters. The van der Waals surface area contributed by atoms with E-state index < -0.39 is 5.97 Å². The van der Waals surface area contributed by atoms with Gasteiger partial charge < -0.3 is 14.4 Å². The van der Waals surface area contributed by atoms with Gasteiger partial charge in [-0.3, -0.25) is 0 Å². The summed E-state index contributed by atoms with van der Waals surface area (Å²) in [7, 11) is 0. The lowest BCUT2D eigenvalue weighted by Gasteiger charge is -2.21. The van der Waals surface area contributed by atoms with E-state index in [2.05, 4.69) is 0 Å². The Bertz CT molecular complexity index is 580. The Kier molecular flexibility index (Phi) is 3.85. The maximum atomic E-state index is 13.2. The summed E-state index contributed by atoms with van der Waals surface area (Å²) in [5, 5.41) is 8.82. The predicted octanol–water partition coefficient (Wildman–Crippen LogP) is 3.14. The van der Waals surface area contributed by atoms with Crippen LogP contribution in [-0.4, -0.2) is 17.6 Å². The van der Waals surface area contributed by atoms with Crippen molar-refractivity contribution in [3.8, 4) is 0 Å². The Morgan fingerprint density at radius 2 is 2.21 bits per heavy atom. The Balaban J connectivity index is 2.16. The molecule has 1 N–H and O–H groups in total. The molecule has 0 aliphatic rings. The first-order valence-electron chi connectivity index (χ1n) is 5.91. The number of anilines is 1. The molecule has 5 heteroatoms. The van der Waals surface area contributed by atoms with E-state index in [4.69, 9.17) is 9.52 Å². The average Bonchev–Trinajstić information content (AvgIpc) is 2.84. The third-order valence-corrected chi connectivity index (χ3v) is 2.80. The number of hydrogen-bond acceptors (Lipinski definition) is 3. The normalized spacial score (nSPS) is 10.4. The maximum absolute atomic E-state index is 13.2. The van der Waals surface area contributed by atoms with Crippen molar-refractivity contribution in [3.05, 3.63) is 53.7 Å². The Morgan fingerprint density at radius 3 is 2.79 bits per heavy atom. The summed E-state index contributed by atoms with van der Waals surface area (Å²) in [4.78, 5) is 12.7. The van der Waals surface area contributed by atoms with E-state index in [1.165, 1.54) is 24.5 Å². The van der Waals surface area contributed by atoms with Crippen LogP contribution in [0.5, 0.6) is 0 Å². The first-order valence-corrected chi connectivity index (χ1v) is 5.91. The number of carbonyl (C=O) groups is 1. The second-order valence-electron chi connectivity index (χ2n) is 4.10. The third-order valence-electron chi connectivity index (χ3n) is 2.80. The summed E-state index contributed by atoms with van der Waals surface area (Å²) in [6.07, 6.45) is 1.21. The first-order chi connectivity index (χ1) is 9.10. The van der Waals surface area contributed by atoms with Crippen LogP contribution in [0.1, 0.15) is 23.0 Å². The number of hydrogen-bond donors (Lipinski definition) is 1. The third kappa shape index (κ3) is 3.13. The van der Waals surface area contributed by atoms with Crippen LogP contribution in [-0.2, 0) is 6.54 Å². The van der Waals surface area contributed by atoms with Crippen LogP contribution >= 0.6 is 0 Å². The van der Waals surface area contributed by atoms with E-state index in [-0.39, 0.29) is 11.4 Å². The van der Waals surface area contributed by atoms with Crippen molar-refractivity contribution in [1.82, 2.24) is 0 Å². The Morgan fingerprint density at radius 1 is 1.42 bits per heavy atom. The molecule has 19 heavy (non-hydrogen) atoms. The molecule has 0 unspecified atom stereocenters. The van der Waals surface area contributed by atoms with Crippen molar-refractivity contribution < 1.29 is 18.7 Å². The van der Waals surface area contributed by atoms with Gasteiger partial charge in [-0.2, -0.15) is 0 Å². The summed E-state index contributed by atoms with van der Waals surface area (Å²) in [6.45, 7) is 2.99. The van der Waals surface area contributed by atoms with Crippen LogP contribution in [0, 0.1) is 5.82 Å². The fraction of sp³-hybridized carbons (Fsp3) is 0.214. The fourth-order valence-electron chi connectivity index (χ4n) is 1.82. The van der Waals surface area contributed by atoms with E-state index in [1.807, 2.05) is 11.8 Å². The van der Waals surface area contributed by atoms with Crippen molar-refractivity contribution in [2.24, 2.45) is 0 Å². The minimum absolute atomic E-state index is 0.116. The second kappa shape index (κ2) is 5.56. The highest BCUT2D eigenvalue weighted by atomic mass is 19.1. The van der Waals surface area contributed by atoms with E-state index in [9.17, 15) is 9.18 Å². The molecule has 0 saturated heterocycles. The molecule has 2 aromatic rings. The number of rotatable bonds is 5. The molecule has 1 heterocycles. The first kappa shape index (κ1) is 13.1. The Labute approximate surface area is 110 Å². The quantitative estimate of drug-likeness (QED) is 0.900. The molecule has 2 rings (SSSR count). The summed E-state index contributed by atoms with van der Waals surface area (Å²) in [6, 6.07) is 7.73. The van der Waals surface area contributed by atoms with Gasteiger partial charge >= 0.3 is 5.97 Å². The molecular weight excluding hydrogens is 249 g/mol. The number of carboxylic acid groups (broad SMARTS) is 1. The number of benzene rings is 1. The molecule has 0 saturated carbocycles. The maximum Gasteiger partial charge on any atom is 0.338 e. The van der Waals surface area contributed by atoms with Gasteiger partial charge in [0, 0.05) is 12.2 Å². The standard InChI is InChI=1S/C14H14FNO3/c1-2-16(12-5-3-4-11(15)7-12)8-13-6-10(9-19-13)14(17)18/h3-7,9H,2,8H2,1H3,(H,17,18). The molecule has 1 aromatic carbocycles. The minimum atomic E-state index is -1.02. The van der Waals surface area contributed by atoms with E-state index >= 15 is 0 Å².